The van der Waals surface area contributed by atoms with Gasteiger partial charge in [0.05, 0.1) is 31.5 Å². The molecule has 4 aliphatic rings. The van der Waals surface area contributed by atoms with E-state index in [1.807, 2.05) is 12.1 Å². The number of carbonyl (C=O) groups is 4. The molecule has 18 atom stereocenters. The highest BCUT2D eigenvalue weighted by atomic mass is 33.1. The molecule has 0 bridgehead atoms. The summed E-state index contributed by atoms with van der Waals surface area (Å²) >= 11 is 0. The van der Waals surface area contributed by atoms with E-state index in [2.05, 4.69) is 20.9 Å². The van der Waals surface area contributed by atoms with Crippen LogP contribution < -0.4 is 16.0 Å². The van der Waals surface area contributed by atoms with Crippen molar-refractivity contribution in [1.29, 1.82) is 0 Å². The first-order valence-corrected chi connectivity index (χ1v) is 22.2. The fraction of sp³-hybridized carbons (Fsp3) is 0.757. The van der Waals surface area contributed by atoms with Gasteiger partial charge in [0.1, 0.15) is 66.0 Å². The van der Waals surface area contributed by atoms with E-state index in [-0.39, 0.29) is 13.0 Å². The number of nitrogens with zero attached hydrogens (tertiary/aromatic N) is 1. The number of hydrogen-bond donors (Lipinski definition) is 10. The first kappa shape index (κ1) is 50.2. The van der Waals surface area contributed by atoms with Crippen LogP contribution in [0.15, 0.2) is 29.4 Å². The van der Waals surface area contributed by atoms with Crippen LogP contribution in [-0.2, 0) is 57.1 Å². The molecule has 0 aliphatic carbocycles. The quantitative estimate of drug-likeness (QED) is 0.0502. The number of carboxylic acids is 1. The standard InChI is InChI=1S/C37H56N4O19S2/c1-15-25(40-16(2)44)31(27(48)22(13-42)54-15)59-36-19(47)12-21(30(58-36)34(51)52)55-37-26(41-17(3)45)32(28(49)23(14-43)56-37)60-35-18(46)11-20(53-4)29(57-35)33(50)39-9-10-61-62-24-7-5-6-8-38-24/h5-8,15,18-23,25-32,35-37,42-43,46-49H,9-14H2,1-4H3,(H,39,50)(H,40,44)(H,41,45)(H,51,52)/t15-,18?,19?,20-,21-,22?,23?,25?,26?,27+,28+,29?,30?,31+,32+,35-,36-,37+/m0/s1. The number of ether oxygens (including phenoxy) is 8. The van der Waals surface area contributed by atoms with Gasteiger partial charge in [-0.1, -0.05) is 16.9 Å². The molecule has 8 unspecified atom stereocenters. The second kappa shape index (κ2) is 23.4. The molecule has 0 aromatic carbocycles. The SMILES string of the molecule is CO[C@H]1CC(O)[C@H](O[C@@H]2C(NC(C)=O)[C@H](O[C@H]3CC(O)[C@H](O[C@@H]4C(NC(C)=O)[C@H](C)OC(CO)[C@H]4O)OC3C(=O)O)OC(CO)[C@H]2O)OC1C(=O)NCCSSc1ccccn1. The van der Waals surface area contributed by atoms with Crippen LogP contribution in [0.1, 0.15) is 33.6 Å². The van der Waals surface area contributed by atoms with Crippen molar-refractivity contribution in [3.8, 4) is 0 Å². The van der Waals surface area contributed by atoms with E-state index in [0.29, 0.717) is 5.75 Å². The molecule has 5 rings (SSSR count). The number of nitrogens with one attached hydrogen (secondary N) is 3. The summed E-state index contributed by atoms with van der Waals surface area (Å²) < 4.78 is 46.6. The summed E-state index contributed by atoms with van der Waals surface area (Å²) in [5, 5.41) is 83.7. The molecule has 10 N–H and O–H groups in total. The van der Waals surface area contributed by atoms with Crippen LogP contribution in [0.5, 0.6) is 0 Å². The van der Waals surface area contributed by atoms with Crippen LogP contribution >= 0.6 is 21.6 Å². The number of hydrogen-bond acceptors (Lipinski definition) is 21. The molecular formula is C37H56N4O19S2. The molecule has 62 heavy (non-hydrogen) atoms. The Hall–Kier alpha value is -2.83. The third kappa shape index (κ3) is 12.7. The lowest BCUT2D eigenvalue weighted by atomic mass is 9.92. The summed E-state index contributed by atoms with van der Waals surface area (Å²) in [6.07, 6.45) is -22.6. The third-order valence-corrected chi connectivity index (χ3v) is 12.8. The molecule has 5 heterocycles. The summed E-state index contributed by atoms with van der Waals surface area (Å²) in [6, 6.07) is 2.98. The van der Waals surface area contributed by atoms with Gasteiger partial charge in [-0.05, 0) is 29.9 Å². The second-order valence-electron chi connectivity index (χ2n) is 15.0. The minimum absolute atomic E-state index is 0.159. The zero-order chi connectivity index (χ0) is 45.2. The van der Waals surface area contributed by atoms with Crippen molar-refractivity contribution in [2.45, 2.75) is 149 Å². The largest absolute Gasteiger partial charge is 0.479 e. The predicted molar refractivity (Wildman–Crippen MR) is 212 cm³/mol. The number of carboxylic acid groups (broad SMARTS) is 1. The van der Waals surface area contributed by atoms with E-state index in [1.54, 1.807) is 19.2 Å². The third-order valence-electron chi connectivity index (χ3n) is 10.5. The Morgan fingerprint density at radius 1 is 0.790 bits per heavy atom. The normalized spacial score (nSPS) is 38.7. The Morgan fingerprint density at radius 3 is 1.94 bits per heavy atom. The first-order valence-electron chi connectivity index (χ1n) is 19.9. The molecule has 0 spiro atoms. The lowest BCUT2D eigenvalue weighted by Gasteiger charge is -2.49. The van der Waals surface area contributed by atoms with Crippen molar-refractivity contribution < 1.29 is 92.8 Å². The van der Waals surface area contributed by atoms with E-state index < -0.39 is 154 Å². The Bertz CT molecular complexity index is 1630. The van der Waals surface area contributed by atoms with Crippen molar-refractivity contribution >= 4 is 45.3 Å². The lowest BCUT2D eigenvalue weighted by molar-refractivity contribution is -0.349. The zero-order valence-corrected chi connectivity index (χ0v) is 35.9. The van der Waals surface area contributed by atoms with Crippen LogP contribution in [0.4, 0.5) is 0 Å². The first-order chi connectivity index (χ1) is 29.6. The number of carbonyl (C=O) groups excluding carboxylic acids is 3. The molecule has 1 aromatic heterocycles. The van der Waals surface area contributed by atoms with Crippen LogP contribution in [0.3, 0.4) is 0 Å². The van der Waals surface area contributed by atoms with Crippen LogP contribution in [0, 0.1) is 0 Å². The van der Waals surface area contributed by atoms with Crippen molar-refractivity contribution in [3.63, 3.8) is 0 Å². The monoisotopic (exact) mass is 924 g/mol. The number of aliphatic hydroxyl groups is 6. The van der Waals surface area contributed by atoms with Gasteiger partial charge < -0.3 is 89.6 Å². The number of methoxy groups -OCH3 is 1. The highest BCUT2D eigenvalue weighted by molar-refractivity contribution is 8.76. The van der Waals surface area contributed by atoms with Gasteiger partial charge in [0.15, 0.2) is 31.1 Å². The van der Waals surface area contributed by atoms with Gasteiger partial charge in [0.25, 0.3) is 5.91 Å². The van der Waals surface area contributed by atoms with Gasteiger partial charge in [-0.25, -0.2) is 9.78 Å². The van der Waals surface area contributed by atoms with E-state index in [0.717, 1.165) is 11.9 Å². The number of pyridine rings is 1. The molecule has 1 aromatic rings. The molecule has 3 amide bonds. The Labute approximate surface area is 364 Å². The average molecular weight is 925 g/mol. The molecule has 4 aliphatic heterocycles. The van der Waals surface area contributed by atoms with Gasteiger partial charge in [-0.2, -0.15) is 0 Å². The zero-order valence-electron chi connectivity index (χ0n) is 34.2. The Morgan fingerprint density at radius 2 is 1.37 bits per heavy atom. The molecule has 350 valence electrons. The number of aliphatic carboxylic acids is 1. The topological polar surface area (TPSA) is 333 Å². The van der Waals surface area contributed by atoms with Crippen molar-refractivity contribution in [2.75, 3.05) is 32.6 Å². The highest BCUT2D eigenvalue weighted by Gasteiger charge is 2.54. The highest BCUT2D eigenvalue weighted by Crippen LogP contribution is 2.35. The number of amides is 3. The summed E-state index contributed by atoms with van der Waals surface area (Å²) in [4.78, 5) is 54.8. The smallest absolute Gasteiger partial charge is 0.335 e. The summed E-state index contributed by atoms with van der Waals surface area (Å²) in [6.45, 7) is 2.65. The van der Waals surface area contributed by atoms with Gasteiger partial charge in [0, 0.05) is 52.3 Å². The fourth-order valence-corrected chi connectivity index (χ4v) is 9.33. The average Bonchev–Trinajstić information content (AvgIpc) is 3.23. The molecule has 23 nitrogen and oxygen atoms in total. The Kier molecular flexibility index (Phi) is 18.9. The minimum atomic E-state index is -1.91. The summed E-state index contributed by atoms with van der Waals surface area (Å²) in [5.41, 5.74) is 0. The maximum atomic E-state index is 13.4. The molecule has 25 heteroatoms. The lowest BCUT2D eigenvalue weighted by Crippen LogP contribution is -2.68. The van der Waals surface area contributed by atoms with Gasteiger partial charge in [0.2, 0.25) is 11.8 Å². The summed E-state index contributed by atoms with van der Waals surface area (Å²) in [5.74, 6) is -2.89. The Balaban J connectivity index is 1.30. The van der Waals surface area contributed by atoms with Crippen LogP contribution in [-0.4, -0.2) is 207 Å². The van der Waals surface area contributed by atoms with Crippen LogP contribution in [0.2, 0.25) is 0 Å². The van der Waals surface area contributed by atoms with E-state index >= 15 is 0 Å². The minimum Gasteiger partial charge on any atom is -0.479 e. The number of aliphatic hydroxyl groups excluding tert-OH is 6. The van der Waals surface area contributed by atoms with Crippen molar-refractivity contribution in [2.24, 2.45) is 0 Å². The maximum absolute atomic E-state index is 13.4. The number of rotatable bonds is 18. The van der Waals surface area contributed by atoms with Gasteiger partial charge in [-0.15, -0.1) is 0 Å². The maximum Gasteiger partial charge on any atom is 0.335 e. The molecule has 4 saturated heterocycles. The summed E-state index contributed by atoms with van der Waals surface area (Å²) in [7, 11) is 4.22. The van der Waals surface area contributed by atoms with E-state index in [1.165, 1.54) is 35.6 Å². The molecule has 0 radical (unpaired) electrons. The van der Waals surface area contributed by atoms with Crippen LogP contribution in [0.25, 0.3) is 0 Å². The predicted octanol–water partition coefficient (Wildman–Crippen LogP) is -3.63. The van der Waals surface area contributed by atoms with E-state index in [9.17, 15) is 54.9 Å². The van der Waals surface area contributed by atoms with Gasteiger partial charge >= 0.3 is 5.97 Å². The van der Waals surface area contributed by atoms with Crippen molar-refractivity contribution in [3.05, 3.63) is 24.4 Å². The fourth-order valence-electron chi connectivity index (χ4n) is 7.54. The van der Waals surface area contributed by atoms with Gasteiger partial charge in [-0.3, -0.25) is 14.4 Å². The molecule has 4 fully saturated rings. The van der Waals surface area contributed by atoms with E-state index in [4.69, 9.17) is 37.9 Å². The van der Waals surface area contributed by atoms with Crippen molar-refractivity contribution in [1.82, 2.24) is 20.9 Å². The molecule has 0 saturated carbocycles. The molecular weight excluding hydrogens is 869 g/mol. The number of aromatic nitrogens is 1. The second-order valence-corrected chi connectivity index (χ2v) is 17.5.